The van der Waals surface area contributed by atoms with Gasteiger partial charge in [0, 0.05) is 18.0 Å². The summed E-state index contributed by atoms with van der Waals surface area (Å²) in [7, 11) is 0. The van der Waals surface area contributed by atoms with Gasteiger partial charge in [0.25, 0.3) is 0 Å². The molecule has 6 nitrogen and oxygen atoms in total. The maximum atomic E-state index is 9.45. The summed E-state index contributed by atoms with van der Waals surface area (Å²) in [6.07, 6.45) is 1.62. The SMILES string of the molecule is CC(C)NCCCc1nc(-c2ccc(O)c(O)c2)no1. The first-order valence-electron chi connectivity index (χ1n) is 6.64. The minimum absolute atomic E-state index is 0.169. The predicted octanol–water partition coefficient (Wildman–Crippen LogP) is 2.08. The maximum absolute atomic E-state index is 9.45. The summed E-state index contributed by atoms with van der Waals surface area (Å²) in [5.41, 5.74) is 0.607. The van der Waals surface area contributed by atoms with Crippen molar-refractivity contribution in [3.8, 4) is 22.9 Å². The van der Waals surface area contributed by atoms with Crippen molar-refractivity contribution in [1.82, 2.24) is 15.5 Å². The Morgan fingerprint density at radius 3 is 2.75 bits per heavy atom. The van der Waals surface area contributed by atoms with E-state index in [-0.39, 0.29) is 11.5 Å². The first kappa shape index (κ1) is 14.3. The van der Waals surface area contributed by atoms with Gasteiger partial charge in [-0.05, 0) is 31.2 Å². The smallest absolute Gasteiger partial charge is 0.227 e. The molecule has 1 aromatic carbocycles. The van der Waals surface area contributed by atoms with Crippen molar-refractivity contribution in [2.75, 3.05) is 6.54 Å². The van der Waals surface area contributed by atoms with Crippen LogP contribution in [0.5, 0.6) is 11.5 Å². The van der Waals surface area contributed by atoms with E-state index in [1.807, 2.05) is 0 Å². The first-order chi connectivity index (χ1) is 9.56. The lowest BCUT2D eigenvalue weighted by atomic mass is 10.2. The van der Waals surface area contributed by atoms with Gasteiger partial charge in [-0.3, -0.25) is 0 Å². The molecule has 0 saturated heterocycles. The van der Waals surface area contributed by atoms with E-state index in [1.165, 1.54) is 12.1 Å². The lowest BCUT2D eigenvalue weighted by molar-refractivity contribution is 0.374. The van der Waals surface area contributed by atoms with Crippen LogP contribution in [0.4, 0.5) is 0 Å². The van der Waals surface area contributed by atoms with Gasteiger partial charge in [0.05, 0.1) is 0 Å². The van der Waals surface area contributed by atoms with Crippen LogP contribution in [0.3, 0.4) is 0 Å². The molecule has 2 aromatic rings. The third kappa shape index (κ3) is 3.71. The summed E-state index contributed by atoms with van der Waals surface area (Å²) < 4.78 is 5.16. The van der Waals surface area contributed by atoms with Gasteiger partial charge in [0.15, 0.2) is 11.5 Å². The molecule has 0 spiro atoms. The van der Waals surface area contributed by atoms with Gasteiger partial charge in [0.1, 0.15) is 0 Å². The van der Waals surface area contributed by atoms with Crippen LogP contribution in [-0.2, 0) is 6.42 Å². The van der Waals surface area contributed by atoms with Crippen molar-refractivity contribution < 1.29 is 14.7 Å². The quantitative estimate of drug-likeness (QED) is 0.553. The average Bonchev–Trinajstić information content (AvgIpc) is 2.86. The molecule has 108 valence electrons. The lowest BCUT2D eigenvalue weighted by Crippen LogP contribution is -2.23. The minimum atomic E-state index is -0.199. The largest absolute Gasteiger partial charge is 0.504 e. The highest BCUT2D eigenvalue weighted by atomic mass is 16.5. The molecule has 1 aromatic heterocycles. The normalized spacial score (nSPS) is 11.2. The summed E-state index contributed by atoms with van der Waals surface area (Å²) in [5, 5.41) is 25.9. The highest BCUT2D eigenvalue weighted by molar-refractivity contribution is 5.59. The van der Waals surface area contributed by atoms with Crippen molar-refractivity contribution in [3.63, 3.8) is 0 Å². The minimum Gasteiger partial charge on any atom is -0.504 e. The van der Waals surface area contributed by atoms with Gasteiger partial charge < -0.3 is 20.1 Å². The van der Waals surface area contributed by atoms with Gasteiger partial charge in [-0.1, -0.05) is 19.0 Å². The molecule has 0 amide bonds. The highest BCUT2D eigenvalue weighted by Crippen LogP contribution is 2.29. The van der Waals surface area contributed by atoms with Crippen LogP contribution >= 0.6 is 0 Å². The fraction of sp³-hybridized carbons (Fsp3) is 0.429. The number of phenols is 2. The second-order valence-electron chi connectivity index (χ2n) is 4.93. The molecule has 0 aliphatic heterocycles. The maximum Gasteiger partial charge on any atom is 0.227 e. The van der Waals surface area contributed by atoms with Gasteiger partial charge in [0.2, 0.25) is 11.7 Å². The standard InChI is InChI=1S/C14H19N3O3/c1-9(2)15-7-3-4-13-16-14(17-20-13)10-5-6-11(18)12(19)8-10/h5-6,8-9,15,18-19H,3-4,7H2,1-2H3. The van der Waals surface area contributed by atoms with Crippen LogP contribution in [0.25, 0.3) is 11.4 Å². The number of phenolic OH excluding ortho intramolecular Hbond substituents is 2. The molecule has 6 heteroatoms. The molecule has 0 saturated carbocycles. The van der Waals surface area contributed by atoms with E-state index in [0.717, 1.165) is 13.0 Å². The number of rotatable bonds is 6. The molecular weight excluding hydrogens is 258 g/mol. The highest BCUT2D eigenvalue weighted by Gasteiger charge is 2.10. The number of aryl methyl sites for hydroxylation is 1. The van der Waals surface area contributed by atoms with Crippen LogP contribution in [0.15, 0.2) is 22.7 Å². The molecular formula is C14H19N3O3. The second-order valence-corrected chi connectivity index (χ2v) is 4.93. The Bertz CT molecular complexity index is 567. The summed E-state index contributed by atoms with van der Waals surface area (Å²) in [5.74, 6) is 0.609. The Hall–Kier alpha value is -2.08. The number of hydrogen-bond donors (Lipinski definition) is 3. The van der Waals surface area contributed by atoms with Gasteiger partial charge >= 0.3 is 0 Å². The Balaban J connectivity index is 1.96. The molecule has 0 aliphatic rings. The Morgan fingerprint density at radius 2 is 2.05 bits per heavy atom. The first-order valence-corrected chi connectivity index (χ1v) is 6.64. The number of aromatic nitrogens is 2. The molecule has 0 radical (unpaired) electrons. The zero-order valence-corrected chi connectivity index (χ0v) is 11.6. The van der Waals surface area contributed by atoms with E-state index >= 15 is 0 Å². The average molecular weight is 277 g/mol. The van der Waals surface area contributed by atoms with E-state index in [9.17, 15) is 10.2 Å². The number of hydrogen-bond acceptors (Lipinski definition) is 6. The second kappa shape index (κ2) is 6.38. The van der Waals surface area contributed by atoms with E-state index < -0.39 is 0 Å². The third-order valence-corrected chi connectivity index (χ3v) is 2.82. The summed E-state index contributed by atoms with van der Waals surface area (Å²) in [6.45, 7) is 5.10. The molecule has 0 unspecified atom stereocenters. The van der Waals surface area contributed by atoms with Crippen LogP contribution in [-0.4, -0.2) is 32.9 Å². The van der Waals surface area contributed by atoms with Gasteiger partial charge in [-0.2, -0.15) is 4.98 Å². The Labute approximate surface area is 117 Å². The topological polar surface area (TPSA) is 91.4 Å². The summed E-state index contributed by atoms with van der Waals surface area (Å²) in [4.78, 5) is 4.27. The zero-order chi connectivity index (χ0) is 14.5. The molecule has 2 rings (SSSR count). The fourth-order valence-electron chi connectivity index (χ4n) is 1.77. The van der Waals surface area contributed by atoms with Crippen molar-refractivity contribution in [1.29, 1.82) is 0 Å². The van der Waals surface area contributed by atoms with Crippen LogP contribution in [0.1, 0.15) is 26.2 Å². The molecule has 0 fully saturated rings. The van der Waals surface area contributed by atoms with Crippen LogP contribution in [0.2, 0.25) is 0 Å². The van der Waals surface area contributed by atoms with Gasteiger partial charge in [-0.15, -0.1) is 0 Å². The number of aromatic hydroxyl groups is 2. The van der Waals surface area contributed by atoms with Crippen molar-refractivity contribution in [3.05, 3.63) is 24.1 Å². The van der Waals surface area contributed by atoms with E-state index in [0.29, 0.717) is 29.7 Å². The third-order valence-electron chi connectivity index (χ3n) is 2.82. The molecule has 1 heterocycles. The van der Waals surface area contributed by atoms with Gasteiger partial charge in [-0.25, -0.2) is 0 Å². The Kier molecular flexibility index (Phi) is 4.57. The number of nitrogens with one attached hydrogen (secondary N) is 1. The summed E-state index contributed by atoms with van der Waals surface area (Å²) in [6, 6.07) is 4.90. The van der Waals surface area contributed by atoms with E-state index in [1.54, 1.807) is 6.07 Å². The number of nitrogens with zero attached hydrogens (tertiary/aromatic N) is 2. The lowest BCUT2D eigenvalue weighted by Gasteiger charge is -2.05. The Morgan fingerprint density at radius 1 is 1.25 bits per heavy atom. The molecule has 0 bridgehead atoms. The molecule has 0 aliphatic carbocycles. The monoisotopic (exact) mass is 277 g/mol. The fourth-order valence-corrected chi connectivity index (χ4v) is 1.77. The van der Waals surface area contributed by atoms with Crippen molar-refractivity contribution in [2.24, 2.45) is 0 Å². The van der Waals surface area contributed by atoms with Crippen LogP contribution < -0.4 is 5.32 Å². The molecule has 20 heavy (non-hydrogen) atoms. The van der Waals surface area contributed by atoms with Crippen molar-refractivity contribution >= 4 is 0 Å². The predicted molar refractivity (Wildman–Crippen MR) is 74.5 cm³/mol. The zero-order valence-electron chi connectivity index (χ0n) is 11.6. The molecule has 3 N–H and O–H groups in total. The van der Waals surface area contributed by atoms with E-state index in [4.69, 9.17) is 4.52 Å². The number of benzene rings is 1. The van der Waals surface area contributed by atoms with E-state index in [2.05, 4.69) is 29.3 Å². The van der Waals surface area contributed by atoms with Crippen LogP contribution in [0, 0.1) is 0 Å². The molecule has 0 atom stereocenters. The van der Waals surface area contributed by atoms with Crippen molar-refractivity contribution in [2.45, 2.75) is 32.7 Å². The summed E-state index contributed by atoms with van der Waals surface area (Å²) >= 11 is 0.